The second-order valence-corrected chi connectivity index (χ2v) is 5.36. The summed E-state index contributed by atoms with van der Waals surface area (Å²) in [6.45, 7) is 2.59. The average molecular weight is 305 g/mol. The highest BCUT2D eigenvalue weighted by molar-refractivity contribution is 5.85. The van der Waals surface area contributed by atoms with Gasteiger partial charge in [-0.05, 0) is 12.1 Å². The fraction of sp³-hybridized carbons (Fsp3) is 0.467. The summed E-state index contributed by atoms with van der Waals surface area (Å²) < 4.78 is 11.1. The van der Waals surface area contributed by atoms with Gasteiger partial charge in [-0.2, -0.15) is 0 Å². The monoisotopic (exact) mass is 305 g/mol. The third kappa shape index (κ3) is 2.99. The van der Waals surface area contributed by atoms with Crippen LogP contribution < -0.4 is 15.4 Å². The molecule has 0 bridgehead atoms. The summed E-state index contributed by atoms with van der Waals surface area (Å²) in [4.78, 5) is 27.4. The molecule has 0 aromatic heterocycles. The molecule has 7 nitrogen and oxygen atoms in total. The molecule has 1 aromatic rings. The maximum absolute atomic E-state index is 12.6. The van der Waals surface area contributed by atoms with Crippen LogP contribution >= 0.6 is 0 Å². The molecule has 0 spiro atoms. The van der Waals surface area contributed by atoms with Crippen LogP contribution in [0.15, 0.2) is 24.3 Å². The van der Waals surface area contributed by atoms with Crippen LogP contribution in [-0.4, -0.2) is 62.2 Å². The first kappa shape index (κ1) is 14.6. The van der Waals surface area contributed by atoms with Crippen LogP contribution in [0.5, 0.6) is 5.75 Å². The van der Waals surface area contributed by atoms with Gasteiger partial charge in [-0.1, -0.05) is 12.1 Å². The van der Waals surface area contributed by atoms with Crippen LogP contribution in [0.25, 0.3) is 0 Å². The minimum absolute atomic E-state index is 0.0628. The van der Waals surface area contributed by atoms with E-state index in [1.807, 2.05) is 18.2 Å². The van der Waals surface area contributed by atoms with E-state index in [0.29, 0.717) is 38.6 Å². The number of amides is 2. The molecule has 1 saturated heterocycles. The van der Waals surface area contributed by atoms with Gasteiger partial charge in [0.1, 0.15) is 5.75 Å². The first-order valence-corrected chi connectivity index (χ1v) is 7.30. The van der Waals surface area contributed by atoms with Gasteiger partial charge in [0.25, 0.3) is 5.91 Å². The highest BCUT2D eigenvalue weighted by atomic mass is 16.5. The molecule has 22 heavy (non-hydrogen) atoms. The van der Waals surface area contributed by atoms with Crippen molar-refractivity contribution in [1.29, 1.82) is 0 Å². The van der Waals surface area contributed by atoms with Gasteiger partial charge in [0.05, 0.1) is 32.0 Å². The lowest BCUT2D eigenvalue weighted by Crippen LogP contribution is -2.54. The van der Waals surface area contributed by atoms with Crippen LogP contribution in [0, 0.1) is 0 Å². The average Bonchev–Trinajstić information content (AvgIpc) is 2.54. The van der Waals surface area contributed by atoms with Gasteiger partial charge in [-0.25, -0.2) is 0 Å². The number of ether oxygens (including phenoxy) is 2. The van der Waals surface area contributed by atoms with Crippen molar-refractivity contribution < 1.29 is 19.1 Å². The number of carbonyl (C=O) groups excluding carboxylic acids is 2. The number of carbonyl (C=O) groups is 2. The van der Waals surface area contributed by atoms with Crippen molar-refractivity contribution in [2.24, 2.45) is 5.73 Å². The fourth-order valence-electron chi connectivity index (χ4n) is 2.76. The quantitative estimate of drug-likeness (QED) is 0.821. The maximum atomic E-state index is 12.6. The smallest absolute Gasteiger partial charge is 0.265 e. The van der Waals surface area contributed by atoms with Gasteiger partial charge in [-0.15, -0.1) is 0 Å². The molecule has 0 aliphatic carbocycles. The molecule has 2 amide bonds. The molecule has 118 valence electrons. The van der Waals surface area contributed by atoms with Crippen LogP contribution in [0.1, 0.15) is 0 Å². The zero-order valence-electron chi connectivity index (χ0n) is 12.2. The number of rotatable bonds is 3. The van der Waals surface area contributed by atoms with Crippen molar-refractivity contribution >= 4 is 17.5 Å². The first-order valence-electron chi connectivity index (χ1n) is 7.30. The zero-order chi connectivity index (χ0) is 15.5. The second kappa shape index (κ2) is 6.23. The molecule has 0 radical (unpaired) electrons. The summed E-state index contributed by atoms with van der Waals surface area (Å²) in [6.07, 6.45) is -0.632. The zero-order valence-corrected chi connectivity index (χ0v) is 12.2. The summed E-state index contributed by atoms with van der Waals surface area (Å²) in [7, 11) is 0. The normalized spacial score (nSPS) is 21.0. The maximum Gasteiger partial charge on any atom is 0.265 e. The van der Waals surface area contributed by atoms with Crippen molar-refractivity contribution in [3.05, 3.63) is 24.3 Å². The Morgan fingerprint density at radius 3 is 2.68 bits per heavy atom. The number of primary amides is 1. The predicted octanol–water partition coefficient (Wildman–Crippen LogP) is -0.402. The molecule has 3 rings (SSSR count). The number of hydrogen-bond donors (Lipinski definition) is 1. The van der Waals surface area contributed by atoms with E-state index in [1.54, 1.807) is 15.9 Å². The van der Waals surface area contributed by atoms with E-state index < -0.39 is 12.0 Å². The number of anilines is 1. The highest BCUT2D eigenvalue weighted by Crippen LogP contribution is 2.33. The number of benzene rings is 1. The standard InChI is InChI=1S/C15H19N3O4/c16-14(19)10-18-9-13(15(20)17-5-7-21-8-6-17)22-12-4-2-1-3-11(12)18/h1-4,13H,5-10H2,(H2,16,19). The molecule has 1 atom stereocenters. The van der Waals surface area contributed by atoms with Crippen molar-refractivity contribution in [1.82, 2.24) is 4.90 Å². The van der Waals surface area contributed by atoms with Crippen molar-refractivity contribution in [2.75, 3.05) is 44.3 Å². The van der Waals surface area contributed by atoms with Gasteiger partial charge in [0.2, 0.25) is 5.91 Å². The summed E-state index contributed by atoms with van der Waals surface area (Å²) in [5.74, 6) is 0.0863. The Balaban J connectivity index is 1.79. The van der Waals surface area contributed by atoms with Gasteiger partial charge in [-0.3, -0.25) is 9.59 Å². The molecule has 1 unspecified atom stereocenters. The summed E-state index contributed by atoms with van der Waals surface area (Å²) in [5, 5.41) is 0. The van der Waals surface area contributed by atoms with Crippen molar-refractivity contribution in [2.45, 2.75) is 6.10 Å². The summed E-state index contributed by atoms with van der Waals surface area (Å²) in [5.41, 5.74) is 6.10. The summed E-state index contributed by atoms with van der Waals surface area (Å²) >= 11 is 0. The Bertz CT molecular complexity index is 572. The number of hydrogen-bond acceptors (Lipinski definition) is 5. The molecule has 2 N–H and O–H groups in total. The Morgan fingerprint density at radius 1 is 1.23 bits per heavy atom. The minimum Gasteiger partial charge on any atom is -0.477 e. The van der Waals surface area contributed by atoms with Gasteiger partial charge < -0.3 is 25.0 Å². The molecule has 1 fully saturated rings. The minimum atomic E-state index is -0.632. The number of para-hydroxylation sites is 2. The predicted molar refractivity (Wildman–Crippen MR) is 79.7 cm³/mol. The number of nitrogens with two attached hydrogens (primary N) is 1. The SMILES string of the molecule is NC(=O)CN1CC(C(=O)N2CCOCC2)Oc2ccccc21. The Morgan fingerprint density at radius 2 is 1.95 bits per heavy atom. The Labute approximate surface area is 128 Å². The molecule has 7 heteroatoms. The van der Waals surface area contributed by atoms with E-state index in [9.17, 15) is 9.59 Å². The number of morpholine rings is 1. The lowest BCUT2D eigenvalue weighted by Gasteiger charge is -2.37. The molecular weight excluding hydrogens is 286 g/mol. The lowest BCUT2D eigenvalue weighted by molar-refractivity contribution is -0.142. The fourth-order valence-corrected chi connectivity index (χ4v) is 2.76. The highest BCUT2D eigenvalue weighted by Gasteiger charge is 2.34. The topological polar surface area (TPSA) is 85.1 Å². The molecule has 1 aromatic carbocycles. The van der Waals surface area contributed by atoms with Gasteiger partial charge in [0, 0.05) is 13.1 Å². The Kier molecular flexibility index (Phi) is 4.15. The molecule has 2 heterocycles. The molecule has 2 aliphatic heterocycles. The van der Waals surface area contributed by atoms with Crippen molar-refractivity contribution in [3.8, 4) is 5.75 Å². The third-order valence-corrected chi connectivity index (χ3v) is 3.81. The van der Waals surface area contributed by atoms with Gasteiger partial charge in [0.15, 0.2) is 6.10 Å². The second-order valence-electron chi connectivity index (χ2n) is 5.36. The van der Waals surface area contributed by atoms with E-state index in [-0.39, 0.29) is 12.5 Å². The first-order chi connectivity index (χ1) is 10.6. The van der Waals surface area contributed by atoms with E-state index in [4.69, 9.17) is 15.2 Å². The number of fused-ring (bicyclic) bond motifs is 1. The van der Waals surface area contributed by atoms with Crippen LogP contribution in [0.4, 0.5) is 5.69 Å². The molecule has 0 saturated carbocycles. The van der Waals surface area contributed by atoms with Crippen molar-refractivity contribution in [3.63, 3.8) is 0 Å². The van der Waals surface area contributed by atoms with E-state index in [2.05, 4.69) is 0 Å². The number of nitrogens with zero attached hydrogens (tertiary/aromatic N) is 2. The van der Waals surface area contributed by atoms with E-state index in [0.717, 1.165) is 5.69 Å². The van der Waals surface area contributed by atoms with E-state index in [1.165, 1.54) is 0 Å². The van der Waals surface area contributed by atoms with Crippen LogP contribution in [-0.2, 0) is 14.3 Å². The van der Waals surface area contributed by atoms with Gasteiger partial charge >= 0.3 is 0 Å². The molecule has 2 aliphatic rings. The summed E-state index contributed by atoms with van der Waals surface area (Å²) in [6, 6.07) is 7.35. The molecular formula is C15H19N3O4. The van der Waals surface area contributed by atoms with Crippen LogP contribution in [0.2, 0.25) is 0 Å². The van der Waals surface area contributed by atoms with E-state index >= 15 is 0 Å². The lowest BCUT2D eigenvalue weighted by atomic mass is 10.1. The van der Waals surface area contributed by atoms with Crippen LogP contribution in [0.3, 0.4) is 0 Å². The third-order valence-electron chi connectivity index (χ3n) is 3.81. The largest absolute Gasteiger partial charge is 0.477 e. The Hall–Kier alpha value is -2.28.